The summed E-state index contributed by atoms with van der Waals surface area (Å²) in [5.74, 6) is -4.37. The molecule has 2 N–H and O–H groups in total. The van der Waals surface area contributed by atoms with Gasteiger partial charge in [-0.3, -0.25) is 4.72 Å². The smallest absolute Gasteiger partial charge is 0.337 e. The first-order valence-electron chi connectivity index (χ1n) is 5.08. The lowest BCUT2D eigenvalue weighted by atomic mass is 10.2. The minimum atomic E-state index is -4.15. The van der Waals surface area contributed by atoms with Gasteiger partial charge in [0.1, 0.15) is 11.2 Å². The normalized spacial score (nSPS) is 11.3. The van der Waals surface area contributed by atoms with Crippen molar-refractivity contribution in [3.63, 3.8) is 0 Å². The van der Waals surface area contributed by atoms with Gasteiger partial charge in [0.2, 0.25) is 0 Å². The average Bonchev–Trinajstić information content (AvgIpc) is 2.87. The van der Waals surface area contributed by atoms with E-state index in [0.717, 1.165) is 18.6 Å². The molecule has 0 aliphatic heterocycles. The van der Waals surface area contributed by atoms with Crippen LogP contribution in [0, 0.1) is 11.6 Å². The van der Waals surface area contributed by atoms with Crippen molar-refractivity contribution in [2.24, 2.45) is 0 Å². The SMILES string of the molecule is O=C(O)c1cc(F)c(F)cc1NS(=O)(=O)c1ccoc1. The molecule has 0 aliphatic rings. The highest BCUT2D eigenvalue weighted by atomic mass is 32.2. The van der Waals surface area contributed by atoms with E-state index < -0.39 is 38.9 Å². The molecule has 1 aromatic heterocycles. The number of furan rings is 1. The Labute approximate surface area is 111 Å². The van der Waals surface area contributed by atoms with Gasteiger partial charge in [-0.1, -0.05) is 0 Å². The Bertz CT molecular complexity index is 755. The molecule has 106 valence electrons. The maximum absolute atomic E-state index is 13.1. The van der Waals surface area contributed by atoms with Crippen LogP contribution in [0.3, 0.4) is 0 Å². The molecule has 2 aromatic rings. The number of rotatable bonds is 4. The molecular weight excluding hydrogens is 296 g/mol. The minimum Gasteiger partial charge on any atom is -0.478 e. The Kier molecular flexibility index (Phi) is 3.45. The van der Waals surface area contributed by atoms with Gasteiger partial charge in [-0.15, -0.1) is 0 Å². The number of carboxylic acids is 1. The Morgan fingerprint density at radius 3 is 2.45 bits per heavy atom. The van der Waals surface area contributed by atoms with Crippen molar-refractivity contribution in [3.05, 3.63) is 47.9 Å². The third-order valence-corrected chi connectivity index (χ3v) is 3.68. The van der Waals surface area contributed by atoms with Crippen LogP contribution < -0.4 is 4.72 Å². The molecule has 1 aromatic carbocycles. The second kappa shape index (κ2) is 4.93. The molecule has 1 heterocycles. The van der Waals surface area contributed by atoms with Crippen molar-refractivity contribution in [2.45, 2.75) is 4.90 Å². The predicted octanol–water partition coefficient (Wildman–Crippen LogP) is 2.06. The lowest BCUT2D eigenvalue weighted by Crippen LogP contribution is -2.15. The molecule has 0 unspecified atom stereocenters. The molecule has 0 amide bonds. The van der Waals surface area contributed by atoms with E-state index >= 15 is 0 Å². The number of hydrogen-bond donors (Lipinski definition) is 2. The number of benzene rings is 1. The number of carbonyl (C=O) groups is 1. The summed E-state index contributed by atoms with van der Waals surface area (Å²) in [6.07, 6.45) is 2.00. The molecule has 6 nitrogen and oxygen atoms in total. The molecule has 0 aliphatic carbocycles. The van der Waals surface area contributed by atoms with Crippen molar-refractivity contribution >= 4 is 21.7 Å². The highest BCUT2D eigenvalue weighted by Gasteiger charge is 2.21. The Morgan fingerprint density at radius 1 is 1.25 bits per heavy atom. The number of sulfonamides is 1. The zero-order valence-electron chi connectivity index (χ0n) is 9.63. The van der Waals surface area contributed by atoms with Crippen molar-refractivity contribution in [1.82, 2.24) is 0 Å². The molecule has 0 saturated carbocycles. The van der Waals surface area contributed by atoms with Gasteiger partial charge in [0.15, 0.2) is 11.6 Å². The largest absolute Gasteiger partial charge is 0.478 e. The molecule has 0 fully saturated rings. The van der Waals surface area contributed by atoms with Gasteiger partial charge in [0, 0.05) is 6.07 Å². The van der Waals surface area contributed by atoms with Gasteiger partial charge in [0.05, 0.1) is 17.5 Å². The third kappa shape index (κ3) is 2.62. The summed E-state index contributed by atoms with van der Waals surface area (Å²) >= 11 is 0. The van der Waals surface area contributed by atoms with Crippen LogP contribution in [0.25, 0.3) is 0 Å². The first-order chi connectivity index (χ1) is 9.31. The minimum absolute atomic E-state index is 0.279. The molecule has 20 heavy (non-hydrogen) atoms. The fraction of sp³-hybridized carbons (Fsp3) is 0. The summed E-state index contributed by atoms with van der Waals surface area (Å²) in [7, 11) is -4.15. The van der Waals surface area contributed by atoms with E-state index in [9.17, 15) is 22.0 Å². The summed E-state index contributed by atoms with van der Waals surface area (Å²) in [5, 5.41) is 8.87. The van der Waals surface area contributed by atoms with Crippen LogP contribution in [0.5, 0.6) is 0 Å². The van der Waals surface area contributed by atoms with Crippen molar-refractivity contribution < 1.29 is 31.5 Å². The average molecular weight is 303 g/mol. The molecule has 0 radical (unpaired) electrons. The van der Waals surface area contributed by atoms with Crippen LogP contribution in [0.4, 0.5) is 14.5 Å². The Balaban J connectivity index is 2.49. The summed E-state index contributed by atoms with van der Waals surface area (Å²) in [5.41, 5.74) is -1.30. The fourth-order valence-corrected chi connectivity index (χ4v) is 2.41. The van der Waals surface area contributed by atoms with Crippen LogP contribution in [-0.4, -0.2) is 19.5 Å². The standard InChI is InChI=1S/C11H7F2NO5S/c12-8-3-7(11(15)16)10(4-9(8)13)14-20(17,18)6-1-2-19-5-6/h1-5,14H,(H,15,16). The summed E-state index contributed by atoms with van der Waals surface area (Å²) in [4.78, 5) is 10.6. The van der Waals surface area contributed by atoms with Gasteiger partial charge in [0.25, 0.3) is 10.0 Å². The molecule has 0 atom stereocenters. The second-order valence-corrected chi connectivity index (χ2v) is 5.36. The van der Waals surface area contributed by atoms with E-state index in [2.05, 4.69) is 4.42 Å². The monoisotopic (exact) mass is 303 g/mol. The quantitative estimate of drug-likeness (QED) is 0.901. The number of halogens is 2. The maximum atomic E-state index is 13.1. The number of hydrogen-bond acceptors (Lipinski definition) is 4. The topological polar surface area (TPSA) is 96.6 Å². The van der Waals surface area contributed by atoms with Crippen molar-refractivity contribution in [1.29, 1.82) is 0 Å². The van der Waals surface area contributed by atoms with Gasteiger partial charge in [-0.2, -0.15) is 0 Å². The number of carboxylic acid groups (broad SMARTS) is 1. The van der Waals surface area contributed by atoms with Crippen LogP contribution in [-0.2, 0) is 10.0 Å². The lowest BCUT2D eigenvalue weighted by molar-refractivity contribution is 0.0697. The molecule has 0 spiro atoms. The highest BCUT2D eigenvalue weighted by molar-refractivity contribution is 7.92. The van der Waals surface area contributed by atoms with Crippen LogP contribution in [0.2, 0.25) is 0 Å². The number of anilines is 1. The highest BCUT2D eigenvalue weighted by Crippen LogP contribution is 2.23. The zero-order chi connectivity index (χ0) is 14.9. The van der Waals surface area contributed by atoms with E-state index in [1.807, 2.05) is 4.72 Å². The summed E-state index contributed by atoms with van der Waals surface area (Å²) in [6, 6.07) is 1.96. The molecule has 2 rings (SSSR count). The van der Waals surface area contributed by atoms with Crippen molar-refractivity contribution in [3.8, 4) is 0 Å². The first-order valence-corrected chi connectivity index (χ1v) is 6.57. The third-order valence-electron chi connectivity index (χ3n) is 2.34. The summed E-state index contributed by atoms with van der Waals surface area (Å²) in [6.45, 7) is 0. The number of nitrogens with one attached hydrogen (secondary N) is 1. The van der Waals surface area contributed by atoms with E-state index in [0.29, 0.717) is 12.1 Å². The van der Waals surface area contributed by atoms with Gasteiger partial charge >= 0.3 is 5.97 Å². The van der Waals surface area contributed by atoms with Gasteiger partial charge in [-0.05, 0) is 12.1 Å². The van der Waals surface area contributed by atoms with Crippen LogP contribution >= 0.6 is 0 Å². The second-order valence-electron chi connectivity index (χ2n) is 3.68. The first kappa shape index (κ1) is 14.0. The maximum Gasteiger partial charge on any atom is 0.337 e. The lowest BCUT2D eigenvalue weighted by Gasteiger charge is -2.09. The van der Waals surface area contributed by atoms with E-state index in [1.165, 1.54) is 0 Å². The fourth-order valence-electron chi connectivity index (χ4n) is 1.42. The molecule has 9 heteroatoms. The Hall–Kier alpha value is -2.42. The molecular formula is C11H7F2NO5S. The Morgan fingerprint density at radius 2 is 1.90 bits per heavy atom. The van der Waals surface area contributed by atoms with Gasteiger partial charge in [-0.25, -0.2) is 22.0 Å². The van der Waals surface area contributed by atoms with Gasteiger partial charge < -0.3 is 9.52 Å². The molecule has 0 bridgehead atoms. The van der Waals surface area contributed by atoms with Crippen LogP contribution in [0.15, 0.2) is 40.0 Å². The summed E-state index contributed by atoms with van der Waals surface area (Å²) < 4.78 is 56.3. The predicted molar refractivity (Wildman–Crippen MR) is 62.8 cm³/mol. The van der Waals surface area contributed by atoms with Crippen molar-refractivity contribution in [2.75, 3.05) is 4.72 Å². The van der Waals surface area contributed by atoms with E-state index in [1.54, 1.807) is 0 Å². The molecule has 0 saturated heterocycles. The van der Waals surface area contributed by atoms with E-state index in [-0.39, 0.29) is 4.90 Å². The van der Waals surface area contributed by atoms with Crippen LogP contribution in [0.1, 0.15) is 10.4 Å². The zero-order valence-corrected chi connectivity index (χ0v) is 10.4. The number of aromatic carboxylic acids is 1. The van der Waals surface area contributed by atoms with E-state index in [4.69, 9.17) is 5.11 Å².